The van der Waals surface area contributed by atoms with Gasteiger partial charge in [-0.2, -0.15) is 0 Å². The molecule has 0 saturated heterocycles. The second kappa shape index (κ2) is 10.9. The Hall–Kier alpha value is -2.53. The summed E-state index contributed by atoms with van der Waals surface area (Å²) in [6, 6.07) is 14.2. The Morgan fingerprint density at radius 2 is 1.79 bits per heavy atom. The van der Waals surface area contributed by atoms with Crippen molar-refractivity contribution in [3.63, 3.8) is 0 Å². The average Bonchev–Trinajstić information content (AvgIpc) is 2.71. The van der Waals surface area contributed by atoms with Gasteiger partial charge in [-0.1, -0.05) is 42.8 Å². The van der Waals surface area contributed by atoms with Crippen molar-refractivity contribution in [2.45, 2.75) is 52.2 Å². The van der Waals surface area contributed by atoms with Crippen molar-refractivity contribution in [2.24, 2.45) is 0 Å². The molecular formula is C23H29ClN2O3. The van der Waals surface area contributed by atoms with Crippen molar-refractivity contribution in [1.82, 2.24) is 10.2 Å². The Morgan fingerprint density at radius 3 is 2.45 bits per heavy atom. The second-order valence-corrected chi connectivity index (χ2v) is 7.61. The summed E-state index contributed by atoms with van der Waals surface area (Å²) < 4.78 is 5.28. The zero-order valence-corrected chi connectivity index (χ0v) is 18.2. The topological polar surface area (TPSA) is 58.6 Å². The van der Waals surface area contributed by atoms with Gasteiger partial charge in [0.15, 0.2) is 0 Å². The number of carbonyl (C=O) groups excluding carboxylic acids is 2. The summed E-state index contributed by atoms with van der Waals surface area (Å²) in [5.41, 5.74) is 1.71. The highest BCUT2D eigenvalue weighted by atomic mass is 35.5. The quantitative estimate of drug-likeness (QED) is 0.665. The molecule has 1 N–H and O–H groups in total. The monoisotopic (exact) mass is 416 g/mol. The molecule has 2 aromatic carbocycles. The third kappa shape index (κ3) is 6.79. The van der Waals surface area contributed by atoms with Crippen molar-refractivity contribution >= 4 is 23.4 Å². The SMILES string of the molecule is CC[C@H](C)NC(=O)[C@H](C)N(Cc1cccc(OC)c1)C(=O)Cc1cccc(Cl)c1. The maximum atomic E-state index is 13.2. The number of halogens is 1. The van der Waals surface area contributed by atoms with Crippen LogP contribution in [0, 0.1) is 0 Å². The number of nitrogens with zero attached hydrogens (tertiary/aromatic N) is 1. The summed E-state index contributed by atoms with van der Waals surface area (Å²) in [6.07, 6.45) is 0.996. The molecule has 0 fully saturated rings. The van der Waals surface area contributed by atoms with Gasteiger partial charge in [-0.3, -0.25) is 9.59 Å². The van der Waals surface area contributed by atoms with Gasteiger partial charge in [-0.25, -0.2) is 0 Å². The molecule has 0 aliphatic carbocycles. The van der Waals surface area contributed by atoms with Crippen LogP contribution in [0.2, 0.25) is 5.02 Å². The minimum Gasteiger partial charge on any atom is -0.497 e. The standard InChI is InChI=1S/C23H29ClN2O3/c1-5-16(2)25-23(28)17(3)26(15-19-9-7-11-21(13-19)29-4)22(27)14-18-8-6-10-20(24)12-18/h6-13,16-17H,5,14-15H2,1-4H3,(H,25,28)/t16-,17-/m0/s1. The van der Waals surface area contributed by atoms with E-state index in [-0.39, 0.29) is 24.3 Å². The van der Waals surface area contributed by atoms with Gasteiger partial charge in [0.25, 0.3) is 0 Å². The molecule has 0 saturated carbocycles. The predicted octanol–water partition coefficient (Wildman–Crippen LogP) is 4.22. The van der Waals surface area contributed by atoms with Crippen molar-refractivity contribution < 1.29 is 14.3 Å². The minimum atomic E-state index is -0.609. The molecule has 2 rings (SSSR count). The minimum absolute atomic E-state index is 0.0478. The van der Waals surface area contributed by atoms with Crippen LogP contribution in [0.5, 0.6) is 5.75 Å². The van der Waals surface area contributed by atoms with Crippen LogP contribution >= 0.6 is 11.6 Å². The molecule has 2 amide bonds. The first kappa shape index (κ1) is 22.8. The number of rotatable bonds is 9. The molecule has 0 radical (unpaired) electrons. The Morgan fingerprint density at radius 1 is 1.10 bits per heavy atom. The molecule has 0 unspecified atom stereocenters. The Bertz CT molecular complexity index is 840. The first-order valence-electron chi connectivity index (χ1n) is 9.81. The van der Waals surface area contributed by atoms with Crippen LogP contribution in [0.4, 0.5) is 0 Å². The molecule has 29 heavy (non-hydrogen) atoms. The summed E-state index contributed by atoms with van der Waals surface area (Å²) in [5.74, 6) is 0.407. The van der Waals surface area contributed by atoms with E-state index in [2.05, 4.69) is 5.32 Å². The van der Waals surface area contributed by atoms with E-state index in [4.69, 9.17) is 16.3 Å². The number of benzene rings is 2. The van der Waals surface area contributed by atoms with Crippen LogP contribution in [0.3, 0.4) is 0 Å². The first-order valence-corrected chi connectivity index (χ1v) is 10.2. The lowest BCUT2D eigenvalue weighted by Crippen LogP contribution is -2.49. The zero-order valence-electron chi connectivity index (χ0n) is 17.4. The van der Waals surface area contributed by atoms with E-state index >= 15 is 0 Å². The van der Waals surface area contributed by atoms with Crippen molar-refractivity contribution in [1.29, 1.82) is 0 Å². The van der Waals surface area contributed by atoms with E-state index in [0.717, 1.165) is 17.5 Å². The Kier molecular flexibility index (Phi) is 8.52. The van der Waals surface area contributed by atoms with Gasteiger partial charge in [0.1, 0.15) is 11.8 Å². The van der Waals surface area contributed by atoms with Crippen LogP contribution in [0.1, 0.15) is 38.3 Å². The number of hydrogen-bond acceptors (Lipinski definition) is 3. The molecule has 0 bridgehead atoms. The third-order valence-electron chi connectivity index (χ3n) is 4.90. The first-order chi connectivity index (χ1) is 13.8. The van der Waals surface area contributed by atoms with Gasteiger partial charge in [-0.15, -0.1) is 0 Å². The van der Waals surface area contributed by atoms with E-state index in [9.17, 15) is 9.59 Å². The summed E-state index contributed by atoms with van der Waals surface area (Å²) in [6.45, 7) is 6.03. The zero-order chi connectivity index (χ0) is 21.4. The largest absolute Gasteiger partial charge is 0.497 e. The Balaban J connectivity index is 2.25. The van der Waals surface area contributed by atoms with Crippen LogP contribution < -0.4 is 10.1 Å². The summed E-state index contributed by atoms with van der Waals surface area (Å²) >= 11 is 6.05. The Labute approximate surface area is 178 Å². The lowest BCUT2D eigenvalue weighted by Gasteiger charge is -2.30. The molecular weight excluding hydrogens is 388 g/mol. The van der Waals surface area contributed by atoms with Crippen molar-refractivity contribution in [3.05, 3.63) is 64.7 Å². The second-order valence-electron chi connectivity index (χ2n) is 7.17. The molecule has 6 heteroatoms. The lowest BCUT2D eigenvalue weighted by molar-refractivity contribution is -0.140. The molecule has 156 valence electrons. The molecule has 0 aliphatic rings. The maximum Gasteiger partial charge on any atom is 0.242 e. The smallest absolute Gasteiger partial charge is 0.242 e. The van der Waals surface area contributed by atoms with E-state index in [1.807, 2.05) is 50.2 Å². The molecule has 0 aromatic heterocycles. The maximum absolute atomic E-state index is 13.2. The van der Waals surface area contributed by atoms with Crippen LogP contribution in [-0.4, -0.2) is 35.9 Å². The summed E-state index contributed by atoms with van der Waals surface area (Å²) in [4.78, 5) is 27.5. The number of ether oxygens (including phenoxy) is 1. The number of hydrogen-bond donors (Lipinski definition) is 1. The normalized spacial score (nSPS) is 12.7. The van der Waals surface area contributed by atoms with Gasteiger partial charge in [0.2, 0.25) is 11.8 Å². The van der Waals surface area contributed by atoms with Crippen LogP contribution in [0.15, 0.2) is 48.5 Å². The summed E-state index contributed by atoms with van der Waals surface area (Å²) in [5, 5.41) is 3.55. The molecule has 2 aromatic rings. The number of carbonyl (C=O) groups is 2. The van der Waals surface area contributed by atoms with Gasteiger partial charge in [0, 0.05) is 17.6 Å². The number of methoxy groups -OCH3 is 1. The number of nitrogens with one attached hydrogen (secondary N) is 1. The fourth-order valence-electron chi connectivity index (χ4n) is 2.94. The molecule has 5 nitrogen and oxygen atoms in total. The molecule has 0 aliphatic heterocycles. The fraction of sp³-hybridized carbons (Fsp3) is 0.391. The van der Waals surface area contributed by atoms with E-state index in [1.165, 1.54) is 0 Å². The van der Waals surface area contributed by atoms with Gasteiger partial charge < -0.3 is 15.0 Å². The van der Waals surface area contributed by atoms with Crippen LogP contribution in [-0.2, 0) is 22.6 Å². The highest BCUT2D eigenvalue weighted by molar-refractivity contribution is 6.30. The van der Waals surface area contributed by atoms with Crippen LogP contribution in [0.25, 0.3) is 0 Å². The van der Waals surface area contributed by atoms with E-state index < -0.39 is 6.04 Å². The third-order valence-corrected chi connectivity index (χ3v) is 5.13. The van der Waals surface area contributed by atoms with Gasteiger partial charge in [-0.05, 0) is 55.7 Å². The molecule has 2 atom stereocenters. The average molecular weight is 417 g/mol. The molecule has 0 heterocycles. The van der Waals surface area contributed by atoms with E-state index in [1.54, 1.807) is 31.1 Å². The highest BCUT2D eigenvalue weighted by Crippen LogP contribution is 2.18. The molecule has 0 spiro atoms. The van der Waals surface area contributed by atoms with Crippen molar-refractivity contribution in [3.8, 4) is 5.75 Å². The van der Waals surface area contributed by atoms with Gasteiger partial charge in [0.05, 0.1) is 13.5 Å². The lowest BCUT2D eigenvalue weighted by atomic mass is 10.1. The summed E-state index contributed by atoms with van der Waals surface area (Å²) in [7, 11) is 1.60. The van der Waals surface area contributed by atoms with E-state index in [0.29, 0.717) is 17.3 Å². The number of amides is 2. The van der Waals surface area contributed by atoms with Gasteiger partial charge >= 0.3 is 0 Å². The predicted molar refractivity (Wildman–Crippen MR) is 116 cm³/mol. The fourth-order valence-corrected chi connectivity index (χ4v) is 3.15. The van der Waals surface area contributed by atoms with Crippen molar-refractivity contribution in [2.75, 3.05) is 7.11 Å². The highest BCUT2D eigenvalue weighted by Gasteiger charge is 2.27.